The molecule has 1 aliphatic rings. The fourth-order valence-corrected chi connectivity index (χ4v) is 3.60. The molecular weight excluding hydrogens is 346 g/mol. The molecule has 0 N–H and O–H groups in total. The summed E-state index contributed by atoms with van der Waals surface area (Å²) in [7, 11) is -3.69. The molecule has 138 valence electrons. The molecule has 0 saturated carbocycles. The van der Waals surface area contributed by atoms with E-state index in [0.29, 0.717) is 13.2 Å². The van der Waals surface area contributed by atoms with Gasteiger partial charge in [0.2, 0.25) is 10.0 Å². The van der Waals surface area contributed by atoms with Crippen molar-refractivity contribution >= 4 is 21.8 Å². The summed E-state index contributed by atoms with van der Waals surface area (Å²) >= 11 is 0. The summed E-state index contributed by atoms with van der Waals surface area (Å²) < 4.78 is 36.7. The van der Waals surface area contributed by atoms with Crippen molar-refractivity contribution in [2.24, 2.45) is 5.41 Å². The van der Waals surface area contributed by atoms with Crippen molar-refractivity contribution in [3.05, 3.63) is 29.8 Å². The molecule has 1 fully saturated rings. The largest absolute Gasteiger partial charge is 0.454 e. The van der Waals surface area contributed by atoms with E-state index in [-0.39, 0.29) is 35.9 Å². The first-order valence-corrected chi connectivity index (χ1v) is 9.45. The number of morpholine rings is 1. The van der Waals surface area contributed by atoms with Crippen LogP contribution in [-0.4, -0.2) is 57.4 Å². The smallest absolute Gasteiger partial charge is 0.338 e. The maximum Gasteiger partial charge on any atom is 0.338 e. The Hall–Kier alpha value is -1.77. The minimum atomic E-state index is -3.69. The number of carbonyl (C=O) groups is 2. The van der Waals surface area contributed by atoms with Crippen LogP contribution in [0.15, 0.2) is 29.2 Å². The molecule has 0 aromatic heterocycles. The highest BCUT2D eigenvalue weighted by atomic mass is 32.2. The van der Waals surface area contributed by atoms with Crippen molar-refractivity contribution in [2.45, 2.75) is 25.7 Å². The molecule has 0 aliphatic carbocycles. The van der Waals surface area contributed by atoms with Gasteiger partial charge < -0.3 is 9.47 Å². The normalized spacial score (nSPS) is 16.4. The van der Waals surface area contributed by atoms with E-state index < -0.39 is 21.4 Å². The first kappa shape index (κ1) is 19.6. The Bertz CT molecular complexity index is 745. The first-order chi connectivity index (χ1) is 11.6. The van der Waals surface area contributed by atoms with E-state index in [2.05, 4.69) is 0 Å². The second kappa shape index (κ2) is 7.63. The predicted molar refractivity (Wildman–Crippen MR) is 90.8 cm³/mol. The molecular formula is C17H23NO6S. The number of rotatable bonds is 5. The molecule has 1 saturated heterocycles. The Morgan fingerprint density at radius 1 is 1.20 bits per heavy atom. The fraction of sp³-hybridized carbons (Fsp3) is 0.529. The second-order valence-corrected chi connectivity index (χ2v) is 8.73. The summed E-state index contributed by atoms with van der Waals surface area (Å²) in [5.74, 6) is -0.936. The van der Waals surface area contributed by atoms with Crippen LogP contribution in [-0.2, 0) is 24.3 Å². The van der Waals surface area contributed by atoms with E-state index in [1.54, 1.807) is 20.8 Å². The van der Waals surface area contributed by atoms with Crippen LogP contribution in [0.2, 0.25) is 0 Å². The fourth-order valence-electron chi connectivity index (χ4n) is 2.15. The SMILES string of the molecule is CC(C)(C)C(=O)COC(=O)c1cccc(S(=O)(=O)N2CCOCC2)c1. The van der Waals surface area contributed by atoms with E-state index in [9.17, 15) is 18.0 Å². The molecule has 0 bridgehead atoms. The third kappa shape index (κ3) is 4.87. The van der Waals surface area contributed by atoms with Crippen molar-refractivity contribution in [1.82, 2.24) is 4.31 Å². The summed E-state index contributed by atoms with van der Waals surface area (Å²) in [6.45, 7) is 6.10. The van der Waals surface area contributed by atoms with Gasteiger partial charge in [0.25, 0.3) is 0 Å². The number of sulfonamides is 1. The summed E-state index contributed by atoms with van der Waals surface area (Å²) in [4.78, 5) is 24.0. The number of ketones is 1. The van der Waals surface area contributed by atoms with Gasteiger partial charge in [0.15, 0.2) is 12.4 Å². The van der Waals surface area contributed by atoms with Crippen LogP contribution >= 0.6 is 0 Å². The summed E-state index contributed by atoms with van der Waals surface area (Å²) in [5.41, 5.74) is -0.516. The summed E-state index contributed by atoms with van der Waals surface area (Å²) in [6, 6.07) is 5.65. The molecule has 1 aromatic rings. The average Bonchev–Trinajstić information content (AvgIpc) is 2.59. The van der Waals surface area contributed by atoms with Crippen LogP contribution < -0.4 is 0 Å². The van der Waals surface area contributed by atoms with Crippen molar-refractivity contribution in [1.29, 1.82) is 0 Å². The quantitative estimate of drug-likeness (QED) is 0.730. The molecule has 0 amide bonds. The topological polar surface area (TPSA) is 90.0 Å². The molecule has 25 heavy (non-hydrogen) atoms. The highest BCUT2D eigenvalue weighted by Gasteiger charge is 2.27. The number of ether oxygens (including phenoxy) is 2. The Balaban J connectivity index is 2.12. The van der Waals surface area contributed by atoms with Gasteiger partial charge in [-0.15, -0.1) is 0 Å². The number of Topliss-reactive ketones (excluding diaryl/α,β-unsaturated/α-hetero) is 1. The van der Waals surface area contributed by atoms with E-state index in [1.165, 1.54) is 28.6 Å². The van der Waals surface area contributed by atoms with Crippen molar-refractivity contribution in [3.8, 4) is 0 Å². The zero-order valence-corrected chi connectivity index (χ0v) is 15.5. The second-order valence-electron chi connectivity index (χ2n) is 6.79. The van der Waals surface area contributed by atoms with Gasteiger partial charge in [-0.2, -0.15) is 4.31 Å². The third-order valence-electron chi connectivity index (χ3n) is 3.85. The summed E-state index contributed by atoms with van der Waals surface area (Å²) in [6.07, 6.45) is 0. The van der Waals surface area contributed by atoms with Crippen LogP contribution in [0.4, 0.5) is 0 Å². The van der Waals surface area contributed by atoms with E-state index in [1.807, 2.05) is 0 Å². The molecule has 0 radical (unpaired) electrons. The minimum Gasteiger partial charge on any atom is -0.454 e. The first-order valence-electron chi connectivity index (χ1n) is 8.01. The summed E-state index contributed by atoms with van der Waals surface area (Å²) in [5, 5.41) is 0. The molecule has 0 atom stereocenters. The number of benzene rings is 1. The molecule has 2 rings (SSSR count). The van der Waals surface area contributed by atoms with Crippen molar-refractivity contribution in [3.63, 3.8) is 0 Å². The Labute approximate surface area is 148 Å². The monoisotopic (exact) mass is 369 g/mol. The van der Waals surface area contributed by atoms with Crippen LogP contribution in [0.5, 0.6) is 0 Å². The lowest BCUT2D eigenvalue weighted by atomic mass is 9.91. The number of hydrogen-bond donors (Lipinski definition) is 0. The van der Waals surface area contributed by atoms with Gasteiger partial charge in [-0.3, -0.25) is 4.79 Å². The number of nitrogens with zero attached hydrogens (tertiary/aromatic N) is 1. The minimum absolute atomic E-state index is 0.0194. The van der Waals surface area contributed by atoms with Gasteiger partial charge in [-0.25, -0.2) is 13.2 Å². The number of carbonyl (C=O) groups excluding carboxylic acids is 2. The van der Waals surface area contributed by atoms with Crippen molar-refractivity contribution in [2.75, 3.05) is 32.9 Å². The van der Waals surface area contributed by atoms with E-state index in [0.717, 1.165) is 0 Å². The molecule has 1 aromatic carbocycles. The lowest BCUT2D eigenvalue weighted by Gasteiger charge is -2.26. The maximum absolute atomic E-state index is 12.6. The maximum atomic E-state index is 12.6. The molecule has 8 heteroatoms. The zero-order chi connectivity index (χ0) is 18.7. The van der Waals surface area contributed by atoms with E-state index >= 15 is 0 Å². The Kier molecular flexibility index (Phi) is 5.97. The lowest BCUT2D eigenvalue weighted by molar-refractivity contribution is -0.129. The lowest BCUT2D eigenvalue weighted by Crippen LogP contribution is -2.40. The van der Waals surface area contributed by atoms with Crippen LogP contribution in [0.1, 0.15) is 31.1 Å². The van der Waals surface area contributed by atoms with Crippen LogP contribution in [0.25, 0.3) is 0 Å². The number of hydrogen-bond acceptors (Lipinski definition) is 6. The van der Waals surface area contributed by atoms with Gasteiger partial charge in [-0.05, 0) is 18.2 Å². The average molecular weight is 369 g/mol. The van der Waals surface area contributed by atoms with Crippen LogP contribution in [0.3, 0.4) is 0 Å². The predicted octanol–water partition coefficient (Wildman–Crippen LogP) is 1.48. The van der Waals surface area contributed by atoms with Crippen molar-refractivity contribution < 1.29 is 27.5 Å². The Morgan fingerprint density at radius 3 is 2.44 bits per heavy atom. The third-order valence-corrected chi connectivity index (χ3v) is 5.74. The number of esters is 1. The molecule has 7 nitrogen and oxygen atoms in total. The van der Waals surface area contributed by atoms with Gasteiger partial charge >= 0.3 is 5.97 Å². The molecule has 1 aliphatic heterocycles. The molecule has 0 unspecified atom stereocenters. The Morgan fingerprint density at radius 2 is 1.84 bits per heavy atom. The highest BCUT2D eigenvalue weighted by Crippen LogP contribution is 2.19. The van der Waals surface area contributed by atoms with Gasteiger partial charge in [0, 0.05) is 18.5 Å². The highest BCUT2D eigenvalue weighted by molar-refractivity contribution is 7.89. The molecule has 0 spiro atoms. The molecule has 1 heterocycles. The van der Waals surface area contributed by atoms with E-state index in [4.69, 9.17) is 9.47 Å². The van der Waals surface area contributed by atoms with Gasteiger partial charge in [-0.1, -0.05) is 26.8 Å². The van der Waals surface area contributed by atoms with Crippen LogP contribution in [0, 0.1) is 5.41 Å². The standard InChI is InChI=1S/C17H23NO6S/c1-17(2,3)15(19)12-24-16(20)13-5-4-6-14(11-13)25(21,22)18-7-9-23-10-8-18/h4-6,11H,7-10,12H2,1-3H3. The van der Waals surface area contributed by atoms with Gasteiger partial charge in [0.1, 0.15) is 0 Å². The zero-order valence-electron chi connectivity index (χ0n) is 14.6. The van der Waals surface area contributed by atoms with Gasteiger partial charge in [0.05, 0.1) is 23.7 Å².